The van der Waals surface area contributed by atoms with E-state index in [0.717, 1.165) is 5.56 Å². The lowest BCUT2D eigenvalue weighted by Crippen LogP contribution is -2.47. The molecule has 0 N–H and O–H groups in total. The highest BCUT2D eigenvalue weighted by molar-refractivity contribution is 8.01. The van der Waals surface area contributed by atoms with E-state index in [1.165, 1.54) is 21.5 Å². The minimum Gasteiger partial charge on any atom is -0.345 e. The summed E-state index contributed by atoms with van der Waals surface area (Å²) < 4.78 is 26.3. The SMILES string of the molecule is CCN(C)C(=O)[C@@H]1CSCN1S(=O)(=O)/C=C/c1ccccc1. The Balaban J connectivity index is 2.17. The molecule has 0 spiro atoms. The van der Waals surface area contributed by atoms with Crippen molar-refractivity contribution in [2.45, 2.75) is 13.0 Å². The highest BCUT2D eigenvalue weighted by Crippen LogP contribution is 2.26. The summed E-state index contributed by atoms with van der Waals surface area (Å²) in [5, 5.41) is 1.18. The van der Waals surface area contributed by atoms with Gasteiger partial charge in [0.1, 0.15) is 6.04 Å². The molecule has 1 amide bonds. The fourth-order valence-electron chi connectivity index (χ4n) is 2.09. The molecule has 1 aliphatic rings. The second-order valence-electron chi connectivity index (χ2n) is 5.01. The van der Waals surface area contributed by atoms with Crippen LogP contribution in [-0.2, 0) is 14.8 Å². The lowest BCUT2D eigenvalue weighted by Gasteiger charge is -2.25. The van der Waals surface area contributed by atoms with E-state index >= 15 is 0 Å². The molecular formula is C15H20N2O3S2. The van der Waals surface area contributed by atoms with Crippen LogP contribution in [0.3, 0.4) is 0 Å². The van der Waals surface area contributed by atoms with Crippen molar-refractivity contribution in [3.8, 4) is 0 Å². The van der Waals surface area contributed by atoms with Crippen LogP contribution in [0.1, 0.15) is 12.5 Å². The Labute approximate surface area is 136 Å². The number of nitrogens with zero attached hydrogens (tertiary/aromatic N) is 2. The predicted octanol–water partition coefficient (Wildman–Crippen LogP) is 1.84. The molecule has 1 aromatic carbocycles. The van der Waals surface area contributed by atoms with Crippen LogP contribution >= 0.6 is 11.8 Å². The molecular weight excluding hydrogens is 320 g/mol. The molecule has 0 radical (unpaired) electrons. The Bertz CT molecular complexity index is 644. The molecule has 0 bridgehead atoms. The van der Waals surface area contributed by atoms with Crippen molar-refractivity contribution in [3.05, 3.63) is 41.3 Å². The molecule has 0 aromatic heterocycles. The third kappa shape index (κ3) is 3.91. The number of thioether (sulfide) groups is 1. The summed E-state index contributed by atoms with van der Waals surface area (Å²) in [5.41, 5.74) is 0.812. The lowest BCUT2D eigenvalue weighted by molar-refractivity contribution is -0.132. The number of amides is 1. The minimum atomic E-state index is -3.61. The molecule has 22 heavy (non-hydrogen) atoms. The number of hydrogen-bond donors (Lipinski definition) is 0. The first kappa shape index (κ1) is 17.1. The van der Waals surface area contributed by atoms with E-state index in [0.29, 0.717) is 18.2 Å². The van der Waals surface area contributed by atoms with Crippen LogP contribution in [0.2, 0.25) is 0 Å². The maximum absolute atomic E-state index is 12.5. The fourth-order valence-corrected chi connectivity index (χ4v) is 5.01. The zero-order valence-electron chi connectivity index (χ0n) is 12.7. The van der Waals surface area contributed by atoms with Gasteiger partial charge in [-0.25, -0.2) is 8.42 Å². The molecule has 1 fully saturated rings. The van der Waals surface area contributed by atoms with E-state index in [9.17, 15) is 13.2 Å². The zero-order valence-corrected chi connectivity index (χ0v) is 14.3. The minimum absolute atomic E-state index is 0.149. The van der Waals surface area contributed by atoms with Gasteiger partial charge >= 0.3 is 0 Å². The van der Waals surface area contributed by atoms with Crippen molar-refractivity contribution >= 4 is 33.8 Å². The van der Waals surface area contributed by atoms with E-state index < -0.39 is 16.1 Å². The number of carbonyl (C=O) groups is 1. The standard InChI is InChI=1S/C15H20N2O3S2/c1-3-16(2)15(18)14-11-21-12-17(14)22(19,20)10-9-13-7-5-4-6-8-13/h4-10,14H,3,11-12H2,1-2H3/b10-9+/t14-/m0/s1. The van der Waals surface area contributed by atoms with E-state index in [1.807, 2.05) is 37.3 Å². The monoisotopic (exact) mass is 340 g/mol. The summed E-state index contributed by atoms with van der Waals surface area (Å²) in [6, 6.07) is 8.62. The predicted molar refractivity (Wildman–Crippen MR) is 90.7 cm³/mol. The average molecular weight is 340 g/mol. The lowest BCUT2D eigenvalue weighted by atomic mass is 10.2. The topological polar surface area (TPSA) is 57.7 Å². The maximum Gasteiger partial charge on any atom is 0.241 e. The number of carbonyl (C=O) groups excluding carboxylic acids is 1. The highest BCUT2D eigenvalue weighted by atomic mass is 32.2. The van der Waals surface area contributed by atoms with Crippen molar-refractivity contribution in [1.82, 2.24) is 9.21 Å². The smallest absolute Gasteiger partial charge is 0.241 e. The molecule has 5 nitrogen and oxygen atoms in total. The molecule has 0 aliphatic carbocycles. The van der Waals surface area contributed by atoms with Gasteiger partial charge < -0.3 is 4.90 Å². The largest absolute Gasteiger partial charge is 0.345 e. The zero-order chi connectivity index (χ0) is 16.2. The van der Waals surface area contributed by atoms with Gasteiger partial charge in [0.15, 0.2) is 0 Å². The van der Waals surface area contributed by atoms with E-state index in [2.05, 4.69) is 0 Å². The van der Waals surface area contributed by atoms with Gasteiger partial charge in [-0.2, -0.15) is 4.31 Å². The van der Waals surface area contributed by atoms with Crippen LogP contribution in [0.4, 0.5) is 0 Å². The summed E-state index contributed by atoms with van der Waals surface area (Å²) in [6.45, 7) is 2.43. The number of likely N-dealkylation sites (N-methyl/N-ethyl adjacent to an activating group) is 1. The Morgan fingerprint density at radius 3 is 2.73 bits per heavy atom. The summed E-state index contributed by atoms with van der Waals surface area (Å²) in [5.74, 6) is 0.668. The second-order valence-corrected chi connectivity index (χ2v) is 7.78. The van der Waals surface area contributed by atoms with Gasteiger partial charge in [0, 0.05) is 24.8 Å². The number of rotatable bonds is 5. The summed E-state index contributed by atoms with van der Waals surface area (Å²) in [7, 11) is -1.92. The molecule has 2 rings (SSSR count). The number of benzene rings is 1. The molecule has 1 aliphatic heterocycles. The van der Waals surface area contributed by atoms with Crippen LogP contribution in [0.15, 0.2) is 35.7 Å². The summed E-state index contributed by atoms with van der Waals surface area (Å²) >= 11 is 1.46. The Hall–Kier alpha value is -1.31. The first-order chi connectivity index (χ1) is 10.5. The normalized spacial score (nSPS) is 19.6. The van der Waals surface area contributed by atoms with Gasteiger partial charge in [-0.15, -0.1) is 11.8 Å². The summed E-state index contributed by atoms with van der Waals surface area (Å²) in [6.07, 6.45) is 1.56. The summed E-state index contributed by atoms with van der Waals surface area (Å²) in [4.78, 5) is 13.8. The van der Waals surface area contributed by atoms with Gasteiger partial charge in [0.2, 0.25) is 15.9 Å². The fraction of sp³-hybridized carbons (Fsp3) is 0.400. The maximum atomic E-state index is 12.5. The van der Waals surface area contributed by atoms with E-state index in [-0.39, 0.29) is 5.91 Å². The molecule has 7 heteroatoms. The molecule has 1 heterocycles. The van der Waals surface area contributed by atoms with Crippen LogP contribution in [0, 0.1) is 0 Å². The Morgan fingerprint density at radius 1 is 1.41 bits per heavy atom. The molecule has 0 unspecified atom stereocenters. The van der Waals surface area contributed by atoms with Crippen LogP contribution in [-0.4, -0.2) is 54.8 Å². The third-order valence-corrected chi connectivity index (χ3v) is 6.23. The molecule has 0 saturated carbocycles. The van der Waals surface area contributed by atoms with Gasteiger partial charge in [-0.05, 0) is 18.6 Å². The van der Waals surface area contributed by atoms with Crippen molar-refractivity contribution in [1.29, 1.82) is 0 Å². The second kappa shape index (κ2) is 7.30. The van der Waals surface area contributed by atoms with Crippen LogP contribution in [0.5, 0.6) is 0 Å². The molecule has 120 valence electrons. The van der Waals surface area contributed by atoms with E-state index in [4.69, 9.17) is 0 Å². The molecule has 1 atom stereocenters. The van der Waals surface area contributed by atoms with Gasteiger partial charge in [0.05, 0.1) is 5.88 Å². The molecule has 1 aromatic rings. The highest BCUT2D eigenvalue weighted by Gasteiger charge is 2.39. The third-order valence-electron chi connectivity index (χ3n) is 3.54. The molecule has 1 saturated heterocycles. The van der Waals surface area contributed by atoms with Crippen LogP contribution < -0.4 is 0 Å². The van der Waals surface area contributed by atoms with Gasteiger partial charge in [-0.3, -0.25) is 4.79 Å². The number of sulfonamides is 1. The Morgan fingerprint density at radius 2 is 2.09 bits per heavy atom. The van der Waals surface area contributed by atoms with Gasteiger partial charge in [-0.1, -0.05) is 30.3 Å². The number of hydrogen-bond acceptors (Lipinski definition) is 4. The quantitative estimate of drug-likeness (QED) is 0.821. The first-order valence-electron chi connectivity index (χ1n) is 7.03. The van der Waals surface area contributed by atoms with Crippen LogP contribution in [0.25, 0.3) is 6.08 Å². The average Bonchev–Trinajstić information content (AvgIpc) is 3.03. The van der Waals surface area contributed by atoms with Crippen molar-refractivity contribution in [3.63, 3.8) is 0 Å². The first-order valence-corrected chi connectivity index (χ1v) is 9.69. The van der Waals surface area contributed by atoms with Gasteiger partial charge in [0.25, 0.3) is 0 Å². The van der Waals surface area contributed by atoms with Crippen molar-refractivity contribution < 1.29 is 13.2 Å². The Kier molecular flexibility index (Phi) is 5.66. The van der Waals surface area contributed by atoms with E-state index in [1.54, 1.807) is 18.0 Å². The van der Waals surface area contributed by atoms with Crippen molar-refractivity contribution in [2.24, 2.45) is 0 Å². The van der Waals surface area contributed by atoms with Crippen molar-refractivity contribution in [2.75, 3.05) is 25.2 Å².